The predicted octanol–water partition coefficient (Wildman–Crippen LogP) is -1.29. The van der Waals surface area contributed by atoms with Crippen LogP contribution in [-0.2, 0) is 29.1 Å². The zero-order chi connectivity index (χ0) is 12.4. The number of hydrogen-bond donors (Lipinski definition) is 2. The Hall–Kier alpha value is -0.400. The van der Waals surface area contributed by atoms with Crippen molar-refractivity contribution in [2.45, 2.75) is 6.41 Å². The Balaban J connectivity index is 3.97. The summed E-state index contributed by atoms with van der Waals surface area (Å²) in [4.78, 5) is 28.4. The fraction of sp³-hybridized carbons (Fsp3) is 1.00. The first-order valence-corrected chi connectivity index (χ1v) is 4.22. The molecule has 16 heavy (non-hydrogen) atoms. The van der Waals surface area contributed by atoms with Gasteiger partial charge in [0.15, 0.2) is 0 Å². The van der Waals surface area contributed by atoms with Crippen LogP contribution in [0.4, 0.5) is 0 Å². The Bertz CT molecular complexity index is 158. The summed E-state index contributed by atoms with van der Waals surface area (Å²) in [5.41, 5.74) is 4.49. The van der Waals surface area contributed by atoms with E-state index in [9.17, 15) is 0 Å². The van der Waals surface area contributed by atoms with E-state index in [2.05, 4.69) is 25.6 Å². The van der Waals surface area contributed by atoms with Crippen LogP contribution < -0.4 is 11.1 Å². The first kappa shape index (κ1) is 15.6. The first-order chi connectivity index (χ1) is 7.63. The van der Waals surface area contributed by atoms with E-state index < -0.39 is 6.41 Å². The molecule has 10 nitrogen and oxygen atoms in total. The molecule has 0 heterocycles. The van der Waals surface area contributed by atoms with Crippen molar-refractivity contribution in [3.63, 3.8) is 0 Å². The molecule has 0 aliphatic rings. The van der Waals surface area contributed by atoms with Crippen LogP contribution in [-0.4, -0.2) is 52.3 Å². The van der Waals surface area contributed by atoms with Crippen LogP contribution in [0.1, 0.15) is 0 Å². The van der Waals surface area contributed by atoms with Crippen LogP contribution in [0.25, 0.3) is 0 Å². The van der Waals surface area contributed by atoms with Crippen molar-refractivity contribution in [2.75, 3.05) is 35.4 Å². The Morgan fingerprint density at radius 2 is 1.69 bits per heavy atom. The molecule has 0 fully saturated rings. The molecule has 1 unspecified atom stereocenters. The summed E-state index contributed by atoms with van der Waals surface area (Å²) in [7, 11) is 7.39. The average molecular weight is 242 g/mol. The fourth-order valence-corrected chi connectivity index (χ4v) is 0.546. The summed E-state index contributed by atoms with van der Waals surface area (Å²) in [6.45, 7) is 0. The molecule has 0 aromatic carbocycles. The van der Waals surface area contributed by atoms with Crippen molar-refractivity contribution in [3.05, 3.63) is 0 Å². The quantitative estimate of drug-likeness (QED) is 0.356. The van der Waals surface area contributed by atoms with Crippen molar-refractivity contribution < 1.29 is 29.1 Å². The van der Waals surface area contributed by atoms with E-state index in [1.54, 1.807) is 14.1 Å². The van der Waals surface area contributed by atoms with Gasteiger partial charge < -0.3 is 0 Å². The van der Waals surface area contributed by atoms with Gasteiger partial charge >= 0.3 is 0 Å². The molecule has 2 N–H and O–H groups in total. The molecule has 0 aliphatic heterocycles. The maximum atomic E-state index is 4.96. The molecule has 0 radical (unpaired) electrons. The number of hydrogen-bond acceptors (Lipinski definition) is 10. The van der Waals surface area contributed by atoms with Crippen molar-refractivity contribution >= 4 is 0 Å². The Labute approximate surface area is 93.5 Å². The third kappa shape index (κ3) is 7.84. The highest BCUT2D eigenvalue weighted by molar-refractivity contribution is 4.20. The molecule has 10 heteroatoms. The van der Waals surface area contributed by atoms with Crippen molar-refractivity contribution in [2.24, 2.45) is 0 Å². The van der Waals surface area contributed by atoms with Gasteiger partial charge in [-0.3, -0.25) is 14.5 Å². The average Bonchev–Trinajstić information content (AvgIpc) is 2.28. The van der Waals surface area contributed by atoms with E-state index in [1.807, 2.05) is 0 Å². The Morgan fingerprint density at radius 1 is 1.06 bits per heavy atom. The number of nitrogens with one attached hydrogen (secondary N) is 2. The van der Waals surface area contributed by atoms with Crippen LogP contribution in [0.3, 0.4) is 0 Å². The molecule has 0 aromatic heterocycles. The summed E-state index contributed by atoms with van der Waals surface area (Å²) in [6, 6.07) is 0. The van der Waals surface area contributed by atoms with Crippen LogP contribution in [0.2, 0.25) is 0 Å². The minimum atomic E-state index is -1.07. The van der Waals surface area contributed by atoms with Gasteiger partial charge in [0, 0.05) is 14.1 Å². The molecule has 0 saturated heterocycles. The van der Waals surface area contributed by atoms with Crippen LogP contribution in [0.5, 0.6) is 0 Å². The van der Waals surface area contributed by atoms with E-state index in [-0.39, 0.29) is 0 Å². The standard InChI is InChI=1S/C6H18N4O6/c1-9(2)16-7-6(14-8-11-3)15-10(12-4)13-5/h6-8H,1-5H3. The minimum absolute atomic E-state index is 0.702. The number of hydroxylamine groups is 3. The third-order valence-corrected chi connectivity index (χ3v) is 1.05. The zero-order valence-electron chi connectivity index (χ0n) is 9.92. The van der Waals surface area contributed by atoms with Gasteiger partial charge in [-0.05, 0) is 0 Å². The van der Waals surface area contributed by atoms with Gasteiger partial charge in [-0.25, -0.2) is 9.78 Å². The number of rotatable bonds is 10. The molecule has 0 amide bonds. The lowest BCUT2D eigenvalue weighted by molar-refractivity contribution is -0.557. The summed E-state index contributed by atoms with van der Waals surface area (Å²) in [5.74, 6) is 0. The molecule has 1 atom stereocenters. The molecular weight excluding hydrogens is 224 g/mol. The summed E-state index contributed by atoms with van der Waals surface area (Å²) in [6.07, 6.45) is -1.07. The lowest BCUT2D eigenvalue weighted by Crippen LogP contribution is -2.44. The summed E-state index contributed by atoms with van der Waals surface area (Å²) < 4.78 is 0. The molecule has 0 saturated carbocycles. The second kappa shape index (κ2) is 9.80. The highest BCUT2D eigenvalue weighted by Crippen LogP contribution is 1.97. The predicted molar refractivity (Wildman–Crippen MR) is 49.9 cm³/mol. The molecule has 98 valence electrons. The van der Waals surface area contributed by atoms with Gasteiger partial charge in [0.25, 0.3) is 6.41 Å². The van der Waals surface area contributed by atoms with Gasteiger partial charge in [-0.1, -0.05) is 5.64 Å². The third-order valence-electron chi connectivity index (χ3n) is 1.05. The monoisotopic (exact) mass is 242 g/mol. The van der Waals surface area contributed by atoms with E-state index in [0.29, 0.717) is 5.39 Å². The van der Waals surface area contributed by atoms with Crippen LogP contribution in [0.15, 0.2) is 0 Å². The van der Waals surface area contributed by atoms with Gasteiger partial charge in [0.05, 0.1) is 26.7 Å². The van der Waals surface area contributed by atoms with E-state index >= 15 is 0 Å². The molecule has 0 bridgehead atoms. The minimum Gasteiger partial charge on any atom is -0.280 e. The largest absolute Gasteiger partial charge is 0.282 e. The Morgan fingerprint density at radius 3 is 2.12 bits per heavy atom. The maximum Gasteiger partial charge on any atom is 0.282 e. The van der Waals surface area contributed by atoms with Crippen LogP contribution in [0, 0.1) is 0 Å². The van der Waals surface area contributed by atoms with E-state index in [4.69, 9.17) is 14.6 Å². The second-order valence-electron chi connectivity index (χ2n) is 2.45. The lowest BCUT2D eigenvalue weighted by Gasteiger charge is -2.23. The van der Waals surface area contributed by atoms with Crippen molar-refractivity contribution in [1.29, 1.82) is 0 Å². The second-order valence-corrected chi connectivity index (χ2v) is 2.45. The SMILES string of the molecule is CONOC(NON(C)C)ON(OC)OC. The Kier molecular flexibility index (Phi) is 9.55. The number of nitrogens with zero attached hydrogens (tertiary/aromatic N) is 2. The topological polar surface area (TPSA) is 85.9 Å². The molecular formula is C6H18N4O6. The molecule has 0 spiro atoms. The van der Waals surface area contributed by atoms with E-state index in [1.165, 1.54) is 26.4 Å². The maximum absolute atomic E-state index is 4.96. The highest BCUT2D eigenvalue weighted by atomic mass is 17.2. The molecule has 0 aromatic rings. The molecule has 0 rings (SSSR count). The van der Waals surface area contributed by atoms with Crippen molar-refractivity contribution in [1.82, 2.24) is 21.6 Å². The van der Waals surface area contributed by atoms with Crippen molar-refractivity contribution in [3.8, 4) is 0 Å². The fourth-order valence-electron chi connectivity index (χ4n) is 0.546. The highest BCUT2D eigenvalue weighted by Gasteiger charge is 2.16. The first-order valence-electron chi connectivity index (χ1n) is 4.22. The summed E-state index contributed by atoms with van der Waals surface area (Å²) >= 11 is 0. The van der Waals surface area contributed by atoms with Gasteiger partial charge in [-0.15, -0.1) is 5.48 Å². The zero-order valence-corrected chi connectivity index (χ0v) is 9.92. The van der Waals surface area contributed by atoms with Gasteiger partial charge in [-0.2, -0.15) is 9.90 Å². The van der Waals surface area contributed by atoms with E-state index in [0.717, 1.165) is 0 Å². The lowest BCUT2D eigenvalue weighted by atomic mass is 11.2. The molecule has 0 aliphatic carbocycles. The van der Waals surface area contributed by atoms with Gasteiger partial charge in [0.1, 0.15) is 0 Å². The van der Waals surface area contributed by atoms with Gasteiger partial charge in [0.2, 0.25) is 0 Å². The normalized spacial score (nSPS) is 13.7. The summed E-state index contributed by atoms with van der Waals surface area (Å²) in [5, 5.41) is 2.09. The smallest absolute Gasteiger partial charge is 0.280 e. The van der Waals surface area contributed by atoms with Crippen LogP contribution >= 0.6 is 0 Å².